The number of thioether (sulfide) groups is 1. The lowest BCUT2D eigenvalue weighted by Gasteiger charge is -2.12. The first-order chi connectivity index (χ1) is 15.8. The van der Waals surface area contributed by atoms with Gasteiger partial charge in [-0.15, -0.1) is 4.40 Å². The van der Waals surface area contributed by atoms with Crippen molar-refractivity contribution in [1.82, 2.24) is 4.90 Å². The highest BCUT2D eigenvalue weighted by Crippen LogP contribution is 2.35. The summed E-state index contributed by atoms with van der Waals surface area (Å²) in [5.74, 6) is 0.877. The van der Waals surface area contributed by atoms with E-state index in [1.54, 1.807) is 32.2 Å². The van der Waals surface area contributed by atoms with Gasteiger partial charge in [-0.25, -0.2) is 0 Å². The van der Waals surface area contributed by atoms with Gasteiger partial charge in [-0.2, -0.15) is 8.42 Å². The Labute approximate surface area is 203 Å². The van der Waals surface area contributed by atoms with Crippen LogP contribution in [0.25, 0.3) is 6.08 Å². The first-order valence-electron chi connectivity index (χ1n) is 10.4. The first-order valence-corrected chi connectivity index (χ1v) is 13.0. The maximum Gasteiger partial charge on any atom is 0.284 e. The maximum atomic E-state index is 12.9. The van der Waals surface area contributed by atoms with Crippen molar-refractivity contribution in [2.75, 3.05) is 20.3 Å². The number of hydrogen-bond acceptors (Lipinski definition) is 6. The molecule has 0 atom stereocenters. The molecule has 1 amide bonds. The molecule has 3 rings (SSSR count). The van der Waals surface area contributed by atoms with E-state index in [2.05, 4.69) is 11.3 Å². The van der Waals surface area contributed by atoms with E-state index in [9.17, 15) is 13.2 Å². The van der Waals surface area contributed by atoms with Crippen molar-refractivity contribution in [3.63, 3.8) is 0 Å². The average molecular weight is 509 g/mol. The number of carbonyl (C=O) groups is 1. The Morgan fingerprint density at radius 1 is 1.12 bits per heavy atom. The van der Waals surface area contributed by atoms with E-state index in [1.807, 2.05) is 6.07 Å². The molecule has 0 spiro atoms. The van der Waals surface area contributed by atoms with E-state index in [0.717, 1.165) is 30.2 Å². The molecule has 2 aromatic rings. The molecular weight excluding hydrogens is 484 g/mol. The van der Waals surface area contributed by atoms with Crippen molar-refractivity contribution in [2.24, 2.45) is 4.40 Å². The maximum absolute atomic E-state index is 12.9. The van der Waals surface area contributed by atoms with E-state index in [-0.39, 0.29) is 22.5 Å². The number of carbonyl (C=O) groups excluding carboxylic acids is 1. The summed E-state index contributed by atoms with van der Waals surface area (Å²) in [4.78, 5) is 14.6. The molecule has 0 aliphatic carbocycles. The second-order valence-electron chi connectivity index (χ2n) is 7.08. The molecule has 176 valence electrons. The third-order valence-corrected chi connectivity index (χ3v) is 7.41. The number of unbranched alkanes of at least 4 members (excludes halogenated alkanes) is 1. The van der Waals surface area contributed by atoms with Gasteiger partial charge >= 0.3 is 0 Å². The summed E-state index contributed by atoms with van der Waals surface area (Å²) in [5.41, 5.74) is 0.725. The van der Waals surface area contributed by atoms with Gasteiger partial charge in [-0.1, -0.05) is 31.0 Å². The van der Waals surface area contributed by atoms with Crippen molar-refractivity contribution in [1.29, 1.82) is 0 Å². The van der Waals surface area contributed by atoms with E-state index < -0.39 is 10.0 Å². The minimum absolute atomic E-state index is 0.00401. The number of amides is 1. The van der Waals surface area contributed by atoms with Crippen LogP contribution < -0.4 is 9.47 Å². The van der Waals surface area contributed by atoms with Gasteiger partial charge in [0.25, 0.3) is 15.9 Å². The molecule has 0 radical (unpaired) electrons. The monoisotopic (exact) mass is 508 g/mol. The van der Waals surface area contributed by atoms with E-state index in [0.29, 0.717) is 28.0 Å². The number of hydrogen-bond donors (Lipinski definition) is 0. The van der Waals surface area contributed by atoms with Gasteiger partial charge in [0.1, 0.15) is 0 Å². The minimum Gasteiger partial charge on any atom is -0.493 e. The second kappa shape index (κ2) is 11.1. The summed E-state index contributed by atoms with van der Waals surface area (Å²) < 4.78 is 40.6. The van der Waals surface area contributed by atoms with Crippen LogP contribution in [0.5, 0.6) is 11.5 Å². The fourth-order valence-corrected chi connectivity index (χ4v) is 5.36. The molecule has 1 fully saturated rings. The van der Waals surface area contributed by atoms with Crippen LogP contribution in [0, 0.1) is 0 Å². The normalized spacial score (nSPS) is 16.6. The molecule has 1 saturated heterocycles. The molecule has 0 bridgehead atoms. The lowest BCUT2D eigenvalue weighted by molar-refractivity contribution is -0.122. The van der Waals surface area contributed by atoms with Crippen LogP contribution in [0.2, 0.25) is 5.02 Å². The highest BCUT2D eigenvalue weighted by Gasteiger charge is 2.34. The molecule has 33 heavy (non-hydrogen) atoms. The Morgan fingerprint density at radius 2 is 1.85 bits per heavy atom. The SMILES string of the molecule is CCCCOc1ccc(/C=C2\S/C(=N/S(=O)(=O)c3ccc(Cl)cc3)N(CC)C2=O)cc1OC. The van der Waals surface area contributed by atoms with Gasteiger partial charge in [0, 0.05) is 11.6 Å². The molecule has 0 N–H and O–H groups in total. The topological polar surface area (TPSA) is 85.3 Å². The van der Waals surface area contributed by atoms with Crippen LogP contribution in [-0.2, 0) is 14.8 Å². The van der Waals surface area contributed by atoms with Gasteiger partial charge in [0.05, 0.1) is 23.5 Å². The Balaban J connectivity index is 1.89. The minimum atomic E-state index is -4.00. The van der Waals surface area contributed by atoms with Crippen molar-refractivity contribution >= 4 is 50.5 Å². The molecule has 10 heteroatoms. The van der Waals surface area contributed by atoms with Crippen molar-refractivity contribution < 1.29 is 22.7 Å². The third kappa shape index (κ3) is 6.10. The summed E-state index contributed by atoms with van der Waals surface area (Å²) in [6, 6.07) is 11.1. The fraction of sp³-hybridized carbons (Fsp3) is 0.304. The smallest absolute Gasteiger partial charge is 0.284 e. The number of nitrogens with zero attached hydrogens (tertiary/aromatic N) is 2. The number of amidine groups is 1. The highest BCUT2D eigenvalue weighted by atomic mass is 35.5. The standard InChI is InChI=1S/C23H25ClN2O5S2/c1-4-6-13-31-19-12-7-16(14-20(19)30-3)15-21-22(27)26(5-2)23(32-21)25-33(28,29)18-10-8-17(24)9-11-18/h7-12,14-15H,4-6,13H2,1-3H3/b21-15-,25-23+. The molecule has 0 aromatic heterocycles. The van der Waals surface area contributed by atoms with Crippen molar-refractivity contribution in [3.8, 4) is 11.5 Å². The van der Waals surface area contributed by atoms with Gasteiger partial charge in [0.2, 0.25) is 0 Å². The van der Waals surface area contributed by atoms with Crippen LogP contribution in [0.1, 0.15) is 32.3 Å². The first kappa shape index (κ1) is 25.1. The molecule has 1 heterocycles. The number of methoxy groups -OCH3 is 1. The van der Waals surface area contributed by atoms with E-state index in [1.165, 1.54) is 29.2 Å². The van der Waals surface area contributed by atoms with E-state index >= 15 is 0 Å². The average Bonchev–Trinajstić information content (AvgIpc) is 3.08. The van der Waals surface area contributed by atoms with Crippen LogP contribution in [0.3, 0.4) is 0 Å². The summed E-state index contributed by atoms with van der Waals surface area (Å²) in [6.45, 7) is 4.72. The number of likely N-dealkylation sites (N-methyl/N-ethyl adjacent to an activating group) is 1. The number of rotatable bonds is 9. The van der Waals surface area contributed by atoms with Gasteiger partial charge < -0.3 is 9.47 Å². The van der Waals surface area contributed by atoms with Crippen LogP contribution >= 0.6 is 23.4 Å². The predicted molar refractivity (Wildman–Crippen MR) is 132 cm³/mol. The van der Waals surface area contributed by atoms with Crippen molar-refractivity contribution in [3.05, 3.63) is 58.0 Å². The lowest BCUT2D eigenvalue weighted by atomic mass is 10.2. The second-order valence-corrected chi connectivity index (χ2v) is 10.1. The number of ether oxygens (including phenoxy) is 2. The molecule has 1 aliphatic heterocycles. The summed E-state index contributed by atoms with van der Waals surface area (Å²) in [7, 11) is -2.44. The summed E-state index contributed by atoms with van der Waals surface area (Å²) in [5, 5.41) is 0.528. The van der Waals surface area contributed by atoms with Crippen LogP contribution in [0.15, 0.2) is 56.7 Å². The van der Waals surface area contributed by atoms with Gasteiger partial charge in [-0.3, -0.25) is 9.69 Å². The van der Waals surface area contributed by atoms with Crippen molar-refractivity contribution in [2.45, 2.75) is 31.6 Å². The highest BCUT2D eigenvalue weighted by molar-refractivity contribution is 8.19. The largest absolute Gasteiger partial charge is 0.493 e. The number of benzene rings is 2. The predicted octanol–water partition coefficient (Wildman–Crippen LogP) is 5.21. The van der Waals surface area contributed by atoms with Gasteiger partial charge in [-0.05, 0) is 73.1 Å². The fourth-order valence-electron chi connectivity index (χ4n) is 2.99. The zero-order valence-corrected chi connectivity index (χ0v) is 21.0. The molecule has 0 unspecified atom stereocenters. The zero-order chi connectivity index (χ0) is 24.0. The van der Waals surface area contributed by atoms with E-state index in [4.69, 9.17) is 21.1 Å². The third-order valence-electron chi connectivity index (χ3n) is 4.75. The Bertz CT molecular complexity index is 1180. The zero-order valence-electron chi connectivity index (χ0n) is 18.6. The molecule has 0 saturated carbocycles. The molecule has 7 nitrogen and oxygen atoms in total. The van der Waals surface area contributed by atoms with Crippen LogP contribution in [0.4, 0.5) is 0 Å². The molecular formula is C23H25ClN2O5S2. The molecule has 1 aliphatic rings. The number of sulfonamides is 1. The quantitative estimate of drug-likeness (QED) is 0.341. The van der Waals surface area contributed by atoms with Gasteiger partial charge in [0.15, 0.2) is 16.7 Å². The number of halogens is 1. The summed E-state index contributed by atoms with van der Waals surface area (Å²) in [6.07, 6.45) is 3.65. The Hall–Kier alpha value is -2.49. The Kier molecular flexibility index (Phi) is 8.45. The Morgan fingerprint density at radius 3 is 2.48 bits per heavy atom. The summed E-state index contributed by atoms with van der Waals surface area (Å²) >= 11 is 6.86. The molecule has 2 aromatic carbocycles. The van der Waals surface area contributed by atoms with Crippen LogP contribution in [-0.4, -0.2) is 44.7 Å². The lowest BCUT2D eigenvalue weighted by Crippen LogP contribution is -2.29.